The first kappa shape index (κ1) is 17.2. The Morgan fingerprint density at radius 1 is 1.24 bits per heavy atom. The van der Waals surface area contributed by atoms with Gasteiger partial charge in [0.25, 0.3) is 0 Å². The van der Waals surface area contributed by atoms with Crippen LogP contribution in [-0.4, -0.2) is 29.0 Å². The summed E-state index contributed by atoms with van der Waals surface area (Å²) >= 11 is 7.28. The molecule has 0 atom stereocenters. The minimum absolute atomic E-state index is 0.0903. The van der Waals surface area contributed by atoms with Crippen molar-refractivity contribution >= 4 is 46.6 Å². The molecule has 2 aromatic rings. The molecule has 0 unspecified atom stereocenters. The van der Waals surface area contributed by atoms with Gasteiger partial charge in [-0.1, -0.05) is 47.6 Å². The molecule has 1 heterocycles. The van der Waals surface area contributed by atoms with Crippen LogP contribution in [0.3, 0.4) is 0 Å². The molecule has 0 aromatic heterocycles. The Balaban J connectivity index is 1.68. The summed E-state index contributed by atoms with van der Waals surface area (Å²) in [7, 11) is 0. The molecule has 1 saturated heterocycles. The maximum absolute atomic E-state index is 12.2. The molecule has 1 amide bonds. The molecule has 0 aliphatic carbocycles. The lowest BCUT2D eigenvalue weighted by atomic mass is 10.2. The molecule has 2 aromatic carbocycles. The number of amides is 1. The molecule has 3 rings (SSSR count). The second-order valence-corrected chi connectivity index (χ2v) is 6.30. The Labute approximate surface area is 152 Å². The number of amidine groups is 1. The molecule has 1 aliphatic rings. The van der Waals surface area contributed by atoms with E-state index >= 15 is 0 Å². The number of carbonyl (C=O) groups is 2. The van der Waals surface area contributed by atoms with E-state index in [9.17, 15) is 9.59 Å². The number of ether oxygens (including phenoxy) is 1. The zero-order valence-corrected chi connectivity index (χ0v) is 14.4. The lowest BCUT2D eigenvalue weighted by Gasteiger charge is -2.06. The molecule has 1 aliphatic heterocycles. The number of halogens is 1. The topological polar surface area (TPSA) is 80.1 Å². The van der Waals surface area contributed by atoms with E-state index < -0.39 is 5.97 Å². The molecular formula is C17H12ClN3O3S. The van der Waals surface area contributed by atoms with Crippen LogP contribution in [-0.2, 0) is 4.79 Å². The normalized spacial score (nSPS) is 15.6. The summed E-state index contributed by atoms with van der Waals surface area (Å²) in [4.78, 5) is 23.2. The van der Waals surface area contributed by atoms with Crippen LogP contribution in [0.15, 0.2) is 58.7 Å². The zero-order valence-electron chi connectivity index (χ0n) is 12.8. The van der Waals surface area contributed by atoms with Gasteiger partial charge in [-0.3, -0.25) is 4.79 Å². The van der Waals surface area contributed by atoms with Gasteiger partial charge in [0.1, 0.15) is 5.75 Å². The molecule has 126 valence electrons. The predicted molar refractivity (Wildman–Crippen MR) is 98.5 cm³/mol. The van der Waals surface area contributed by atoms with Crippen molar-refractivity contribution in [1.82, 2.24) is 5.32 Å². The minimum Gasteiger partial charge on any atom is -0.423 e. The van der Waals surface area contributed by atoms with Crippen molar-refractivity contribution in [2.45, 2.75) is 0 Å². The van der Waals surface area contributed by atoms with Gasteiger partial charge in [-0.25, -0.2) is 4.79 Å². The first-order valence-corrected chi connectivity index (χ1v) is 8.58. The molecule has 25 heavy (non-hydrogen) atoms. The van der Waals surface area contributed by atoms with Gasteiger partial charge in [0, 0.05) is 0 Å². The Morgan fingerprint density at radius 2 is 2.08 bits per heavy atom. The van der Waals surface area contributed by atoms with Crippen molar-refractivity contribution in [3.63, 3.8) is 0 Å². The average molecular weight is 374 g/mol. The Morgan fingerprint density at radius 3 is 2.84 bits per heavy atom. The van der Waals surface area contributed by atoms with Gasteiger partial charge in [-0.15, -0.1) is 5.10 Å². The Hall–Kier alpha value is -2.64. The van der Waals surface area contributed by atoms with Gasteiger partial charge >= 0.3 is 5.97 Å². The highest BCUT2D eigenvalue weighted by Crippen LogP contribution is 2.19. The quantitative estimate of drug-likeness (QED) is 0.386. The molecule has 8 heteroatoms. The number of nitrogens with zero attached hydrogens (tertiary/aromatic N) is 2. The van der Waals surface area contributed by atoms with Gasteiger partial charge in [-0.2, -0.15) is 5.10 Å². The monoisotopic (exact) mass is 373 g/mol. The average Bonchev–Trinajstić information content (AvgIpc) is 3.01. The van der Waals surface area contributed by atoms with Crippen molar-refractivity contribution in [1.29, 1.82) is 0 Å². The summed E-state index contributed by atoms with van der Waals surface area (Å²) in [6.45, 7) is 0. The van der Waals surface area contributed by atoms with Crippen LogP contribution in [0.25, 0.3) is 0 Å². The highest BCUT2D eigenvalue weighted by Gasteiger charge is 2.16. The van der Waals surface area contributed by atoms with Crippen molar-refractivity contribution in [3.8, 4) is 5.75 Å². The third-order valence-corrected chi connectivity index (χ3v) is 4.30. The summed E-state index contributed by atoms with van der Waals surface area (Å²) in [6.07, 6.45) is 1.50. The number of hydrogen-bond donors (Lipinski definition) is 1. The third kappa shape index (κ3) is 4.68. The second kappa shape index (κ2) is 7.96. The summed E-state index contributed by atoms with van der Waals surface area (Å²) in [6, 6.07) is 13.5. The van der Waals surface area contributed by atoms with E-state index in [0.29, 0.717) is 32.8 Å². The van der Waals surface area contributed by atoms with Crippen LogP contribution < -0.4 is 10.1 Å². The number of carbonyl (C=O) groups excluding carboxylic acids is 2. The molecule has 0 radical (unpaired) electrons. The minimum atomic E-state index is -0.537. The van der Waals surface area contributed by atoms with Crippen molar-refractivity contribution in [2.75, 3.05) is 5.75 Å². The van der Waals surface area contributed by atoms with Crippen molar-refractivity contribution < 1.29 is 14.3 Å². The van der Waals surface area contributed by atoms with Gasteiger partial charge in [-0.05, 0) is 29.8 Å². The standard InChI is InChI=1S/C17H12ClN3O3S/c18-14-7-2-1-6-13(14)16(23)24-12-5-3-4-11(8-12)9-19-21-17-20-15(22)10-25-17/h1-9H,10H2,(H,20,21,22). The van der Waals surface area contributed by atoms with Crippen molar-refractivity contribution in [2.24, 2.45) is 10.2 Å². The lowest BCUT2D eigenvalue weighted by molar-refractivity contribution is -0.116. The SMILES string of the molecule is O=C1CSC(=NN=Cc2cccc(OC(=O)c3ccccc3Cl)c2)N1. The van der Waals surface area contributed by atoms with Crippen LogP contribution in [0.5, 0.6) is 5.75 Å². The van der Waals surface area contributed by atoms with E-state index in [1.807, 2.05) is 0 Å². The van der Waals surface area contributed by atoms with E-state index in [4.69, 9.17) is 16.3 Å². The van der Waals surface area contributed by atoms with Gasteiger partial charge in [0.2, 0.25) is 5.91 Å². The fourth-order valence-electron chi connectivity index (χ4n) is 1.97. The zero-order chi connectivity index (χ0) is 17.6. The fraction of sp³-hybridized carbons (Fsp3) is 0.0588. The predicted octanol–water partition coefficient (Wildman–Crippen LogP) is 3.11. The molecule has 0 spiro atoms. The van der Waals surface area contributed by atoms with Gasteiger partial charge in [0.15, 0.2) is 5.17 Å². The smallest absolute Gasteiger partial charge is 0.345 e. The summed E-state index contributed by atoms with van der Waals surface area (Å²) in [5, 5.41) is 11.2. The third-order valence-electron chi connectivity index (χ3n) is 3.10. The van der Waals surface area contributed by atoms with E-state index in [1.165, 1.54) is 18.0 Å². The first-order chi connectivity index (χ1) is 12.1. The van der Waals surface area contributed by atoms with E-state index in [2.05, 4.69) is 15.5 Å². The number of benzene rings is 2. The van der Waals surface area contributed by atoms with Gasteiger partial charge in [0.05, 0.1) is 22.6 Å². The fourth-order valence-corrected chi connectivity index (χ4v) is 2.82. The Kier molecular flexibility index (Phi) is 5.47. The van der Waals surface area contributed by atoms with E-state index in [0.717, 1.165) is 0 Å². The number of hydrogen-bond acceptors (Lipinski definition) is 6. The Bertz CT molecular complexity index is 883. The van der Waals surface area contributed by atoms with Crippen molar-refractivity contribution in [3.05, 3.63) is 64.7 Å². The van der Waals surface area contributed by atoms with Crippen LogP contribution in [0, 0.1) is 0 Å². The number of nitrogens with one attached hydrogen (secondary N) is 1. The maximum Gasteiger partial charge on any atom is 0.345 e. The largest absolute Gasteiger partial charge is 0.423 e. The second-order valence-electron chi connectivity index (χ2n) is 4.93. The highest BCUT2D eigenvalue weighted by atomic mass is 35.5. The summed E-state index contributed by atoms with van der Waals surface area (Å²) < 4.78 is 5.33. The van der Waals surface area contributed by atoms with E-state index in [1.54, 1.807) is 48.5 Å². The van der Waals surface area contributed by atoms with Crippen LogP contribution in [0.1, 0.15) is 15.9 Å². The summed E-state index contributed by atoms with van der Waals surface area (Å²) in [5.74, 6) is 0.0875. The van der Waals surface area contributed by atoms with Crippen LogP contribution >= 0.6 is 23.4 Å². The van der Waals surface area contributed by atoms with Gasteiger partial charge < -0.3 is 10.1 Å². The summed E-state index contributed by atoms with van der Waals surface area (Å²) in [5.41, 5.74) is 0.992. The lowest BCUT2D eigenvalue weighted by Crippen LogP contribution is -2.19. The molecule has 6 nitrogen and oxygen atoms in total. The molecule has 0 bridgehead atoms. The van der Waals surface area contributed by atoms with Crippen LogP contribution in [0.2, 0.25) is 5.02 Å². The maximum atomic E-state index is 12.2. The van der Waals surface area contributed by atoms with E-state index in [-0.39, 0.29) is 5.91 Å². The molecule has 0 saturated carbocycles. The molecule has 1 fully saturated rings. The van der Waals surface area contributed by atoms with Crippen LogP contribution in [0.4, 0.5) is 0 Å². The highest BCUT2D eigenvalue weighted by molar-refractivity contribution is 8.15. The first-order valence-electron chi connectivity index (χ1n) is 7.22. The molecule has 1 N–H and O–H groups in total. The number of thioether (sulfide) groups is 1. The number of esters is 1. The molecular weight excluding hydrogens is 362 g/mol. The number of rotatable bonds is 4.